The van der Waals surface area contributed by atoms with E-state index in [0.29, 0.717) is 0 Å². The van der Waals surface area contributed by atoms with Crippen molar-refractivity contribution in [2.24, 2.45) is 0 Å². The Bertz CT molecular complexity index is 4260. The van der Waals surface area contributed by atoms with E-state index < -0.39 is 0 Å². The zero-order valence-electron chi connectivity index (χ0n) is 39.5. The van der Waals surface area contributed by atoms with Crippen LogP contribution in [0, 0.1) is 0 Å². The Morgan fingerprint density at radius 1 is 0.167 bits per heavy atom. The van der Waals surface area contributed by atoms with Gasteiger partial charge in [-0.05, 0) is 177 Å². The van der Waals surface area contributed by atoms with Crippen LogP contribution >= 0.6 is 0 Å². The Kier molecular flexibility index (Phi) is 9.89. The van der Waals surface area contributed by atoms with Crippen molar-refractivity contribution in [3.05, 3.63) is 279 Å². The Labute approximate surface area is 418 Å². The first kappa shape index (κ1) is 41.5. The van der Waals surface area contributed by atoms with Crippen LogP contribution in [0.3, 0.4) is 0 Å². The Hall–Kier alpha value is -9.50. The van der Waals surface area contributed by atoms with Gasteiger partial charge in [0.1, 0.15) is 0 Å². The molecule has 0 aliphatic heterocycles. The summed E-state index contributed by atoms with van der Waals surface area (Å²) in [6.45, 7) is 0. The monoisotopic (exact) mass is 914 g/mol. The first-order valence-corrected chi connectivity index (χ1v) is 24.8. The number of hydrogen-bond acceptors (Lipinski definition) is 2. The molecule has 0 aromatic heterocycles. The summed E-state index contributed by atoms with van der Waals surface area (Å²) < 4.78 is 0. The minimum atomic E-state index is 1.09. The summed E-state index contributed by atoms with van der Waals surface area (Å²) in [6.07, 6.45) is 0. The molecule has 0 N–H and O–H groups in total. The molecular formula is C70H46N2. The van der Waals surface area contributed by atoms with Gasteiger partial charge in [0.25, 0.3) is 0 Å². The number of hydrogen-bond donors (Lipinski definition) is 0. The molecule has 0 spiro atoms. The quantitative estimate of drug-likeness (QED) is 0.140. The molecule has 14 aromatic carbocycles. The van der Waals surface area contributed by atoms with Crippen LogP contribution in [-0.4, -0.2) is 0 Å². The van der Waals surface area contributed by atoms with E-state index in [4.69, 9.17) is 0 Å². The second-order valence-corrected chi connectivity index (χ2v) is 18.9. The SMILES string of the molecule is c1ccc(-c2c3ccc(N(c4ccc5ccccc5c4)c4ccc5ccccc5c4)cc3c(-c3ccc4ccccc4c3)c3ccc(N(c4ccc5ccccc5c4)c4ccc5ccccc5c4)cc23)cc1. The summed E-state index contributed by atoms with van der Waals surface area (Å²) in [6, 6.07) is 103. The lowest BCUT2D eigenvalue weighted by molar-refractivity contribution is 1.30. The highest BCUT2D eigenvalue weighted by molar-refractivity contribution is 6.23. The van der Waals surface area contributed by atoms with Gasteiger partial charge in [-0.1, -0.05) is 200 Å². The molecule has 14 rings (SSSR count). The molecular weight excluding hydrogens is 869 g/mol. The molecule has 0 aliphatic rings. The van der Waals surface area contributed by atoms with Crippen molar-refractivity contribution < 1.29 is 0 Å². The fourth-order valence-corrected chi connectivity index (χ4v) is 11.2. The summed E-state index contributed by atoms with van der Waals surface area (Å²) in [5, 5.41) is 16.9. The van der Waals surface area contributed by atoms with E-state index in [1.54, 1.807) is 0 Å². The fraction of sp³-hybridized carbons (Fsp3) is 0. The summed E-state index contributed by atoms with van der Waals surface area (Å²) in [5.41, 5.74) is 11.4. The lowest BCUT2D eigenvalue weighted by Gasteiger charge is -2.28. The van der Waals surface area contributed by atoms with Crippen LogP contribution < -0.4 is 9.80 Å². The highest BCUT2D eigenvalue weighted by atomic mass is 15.1. The molecule has 0 heterocycles. The van der Waals surface area contributed by atoms with Crippen molar-refractivity contribution in [2.75, 3.05) is 9.80 Å². The molecule has 0 aliphatic carbocycles. The number of nitrogens with zero attached hydrogens (tertiary/aromatic N) is 2. The van der Waals surface area contributed by atoms with E-state index in [-0.39, 0.29) is 0 Å². The summed E-state index contributed by atoms with van der Waals surface area (Å²) in [4.78, 5) is 4.87. The molecule has 2 heteroatoms. The van der Waals surface area contributed by atoms with Crippen LogP contribution in [0.25, 0.3) is 97.7 Å². The normalized spacial score (nSPS) is 11.6. The summed E-state index contributed by atoms with van der Waals surface area (Å²) >= 11 is 0. The molecule has 72 heavy (non-hydrogen) atoms. The van der Waals surface area contributed by atoms with Gasteiger partial charge in [-0.2, -0.15) is 0 Å². The standard InChI is InChI=1S/C70H46N2/c1-2-19-52(20-3-1)69-65-38-36-64(72(61-34-30-50-17-7-12-24-56(50)43-61)62-35-31-51-18-8-13-25-57(51)44-62)46-68(65)70(58-27-26-47-14-4-9-21-53(47)40-58)66-39-37-63(45-67(66)69)71(59-32-28-48-15-5-10-22-54(48)41-59)60-33-29-49-16-6-11-23-55(49)42-60/h1-46H. The second-order valence-electron chi connectivity index (χ2n) is 18.9. The summed E-state index contributed by atoms with van der Waals surface area (Å²) in [5.74, 6) is 0. The molecule has 0 saturated heterocycles. The maximum absolute atomic E-state index is 2.44. The molecule has 0 atom stereocenters. The molecule has 0 fully saturated rings. The van der Waals surface area contributed by atoms with Crippen LogP contribution in [0.2, 0.25) is 0 Å². The van der Waals surface area contributed by atoms with Gasteiger partial charge in [-0.15, -0.1) is 0 Å². The average molecular weight is 915 g/mol. The van der Waals surface area contributed by atoms with Crippen LogP contribution in [-0.2, 0) is 0 Å². The van der Waals surface area contributed by atoms with Crippen LogP contribution in [0.4, 0.5) is 34.1 Å². The fourth-order valence-electron chi connectivity index (χ4n) is 11.2. The third-order valence-electron chi connectivity index (χ3n) is 14.7. The van der Waals surface area contributed by atoms with E-state index in [1.807, 2.05) is 0 Å². The summed E-state index contributed by atoms with van der Waals surface area (Å²) in [7, 11) is 0. The Morgan fingerprint density at radius 2 is 0.444 bits per heavy atom. The molecule has 2 nitrogen and oxygen atoms in total. The van der Waals surface area contributed by atoms with Crippen molar-refractivity contribution in [3.63, 3.8) is 0 Å². The number of fused-ring (bicyclic) bond motifs is 7. The molecule has 0 radical (unpaired) electrons. The molecule has 0 bridgehead atoms. The van der Waals surface area contributed by atoms with E-state index in [2.05, 4.69) is 289 Å². The van der Waals surface area contributed by atoms with Gasteiger partial charge in [0.15, 0.2) is 0 Å². The zero-order chi connectivity index (χ0) is 47.5. The first-order chi connectivity index (χ1) is 35.7. The predicted molar refractivity (Wildman–Crippen MR) is 309 cm³/mol. The minimum Gasteiger partial charge on any atom is -0.310 e. The smallest absolute Gasteiger partial charge is 0.0468 e. The van der Waals surface area contributed by atoms with Crippen LogP contribution in [0.15, 0.2) is 279 Å². The van der Waals surface area contributed by atoms with Gasteiger partial charge in [-0.3, -0.25) is 0 Å². The topological polar surface area (TPSA) is 6.48 Å². The average Bonchev–Trinajstić information content (AvgIpc) is 3.44. The minimum absolute atomic E-state index is 1.09. The highest BCUT2D eigenvalue weighted by Crippen LogP contribution is 2.49. The highest BCUT2D eigenvalue weighted by Gasteiger charge is 2.23. The number of benzene rings is 14. The molecule has 336 valence electrons. The molecule has 0 amide bonds. The Morgan fingerprint density at radius 3 is 0.819 bits per heavy atom. The lowest BCUT2D eigenvalue weighted by Crippen LogP contribution is -2.10. The van der Waals surface area contributed by atoms with E-state index in [0.717, 1.165) is 34.1 Å². The van der Waals surface area contributed by atoms with Crippen molar-refractivity contribution in [3.8, 4) is 22.3 Å². The molecule has 0 saturated carbocycles. The van der Waals surface area contributed by atoms with Crippen LogP contribution in [0.1, 0.15) is 0 Å². The Balaban J connectivity index is 1.07. The van der Waals surface area contributed by atoms with E-state index in [1.165, 1.54) is 97.7 Å². The van der Waals surface area contributed by atoms with Crippen molar-refractivity contribution >= 4 is 110 Å². The van der Waals surface area contributed by atoms with E-state index >= 15 is 0 Å². The number of anilines is 6. The zero-order valence-corrected chi connectivity index (χ0v) is 39.5. The van der Waals surface area contributed by atoms with Gasteiger partial charge >= 0.3 is 0 Å². The van der Waals surface area contributed by atoms with E-state index in [9.17, 15) is 0 Å². The first-order valence-electron chi connectivity index (χ1n) is 24.8. The predicted octanol–water partition coefficient (Wildman–Crippen LogP) is 20.0. The third kappa shape index (κ3) is 7.20. The second kappa shape index (κ2) is 17.2. The van der Waals surface area contributed by atoms with Gasteiger partial charge in [-0.25, -0.2) is 0 Å². The van der Waals surface area contributed by atoms with Crippen LogP contribution in [0.5, 0.6) is 0 Å². The lowest BCUT2D eigenvalue weighted by atomic mass is 9.85. The maximum atomic E-state index is 2.44. The van der Waals surface area contributed by atoms with Gasteiger partial charge in [0.05, 0.1) is 0 Å². The maximum Gasteiger partial charge on any atom is 0.0468 e. The molecule has 14 aromatic rings. The van der Waals surface area contributed by atoms with Crippen molar-refractivity contribution in [1.29, 1.82) is 0 Å². The van der Waals surface area contributed by atoms with Gasteiger partial charge in [0.2, 0.25) is 0 Å². The largest absolute Gasteiger partial charge is 0.310 e. The van der Waals surface area contributed by atoms with Crippen molar-refractivity contribution in [2.45, 2.75) is 0 Å². The molecule has 0 unspecified atom stereocenters. The third-order valence-corrected chi connectivity index (χ3v) is 14.7. The number of rotatable bonds is 8. The van der Waals surface area contributed by atoms with Gasteiger partial charge in [0, 0.05) is 34.1 Å². The van der Waals surface area contributed by atoms with Gasteiger partial charge < -0.3 is 9.80 Å². The van der Waals surface area contributed by atoms with Crippen molar-refractivity contribution in [1.82, 2.24) is 0 Å².